The first kappa shape index (κ1) is 23.8. The molecule has 0 saturated heterocycles. The zero-order valence-electron chi connectivity index (χ0n) is 17.0. The Morgan fingerprint density at radius 2 is 1.83 bits per heavy atom. The number of nitrogens with one attached hydrogen (secondary N) is 1. The van der Waals surface area contributed by atoms with Gasteiger partial charge in [0.05, 0.1) is 10.6 Å². The summed E-state index contributed by atoms with van der Waals surface area (Å²) < 4.78 is 35.8. The Morgan fingerprint density at radius 3 is 2.47 bits per heavy atom. The maximum absolute atomic E-state index is 12.4. The maximum atomic E-state index is 12.4. The number of hydrogen-bond acceptors (Lipinski definition) is 7. The van der Waals surface area contributed by atoms with Crippen molar-refractivity contribution in [1.82, 2.24) is 10.5 Å². The van der Waals surface area contributed by atoms with Crippen molar-refractivity contribution in [2.45, 2.75) is 44.1 Å². The summed E-state index contributed by atoms with van der Waals surface area (Å²) in [5.41, 5.74) is 3.51. The first-order valence-corrected chi connectivity index (χ1v) is 11.5. The van der Waals surface area contributed by atoms with Crippen LogP contribution < -0.4 is 10.2 Å². The van der Waals surface area contributed by atoms with Crippen molar-refractivity contribution in [3.8, 4) is 5.75 Å². The maximum Gasteiger partial charge on any atom is 0.243 e. The summed E-state index contributed by atoms with van der Waals surface area (Å²) >= 11 is 0. The predicted molar refractivity (Wildman–Crippen MR) is 111 cm³/mol. The molecule has 0 aliphatic rings. The van der Waals surface area contributed by atoms with E-state index in [0.29, 0.717) is 31.8 Å². The predicted octanol–water partition coefficient (Wildman–Crippen LogP) is 2.69. The molecule has 0 atom stereocenters. The van der Waals surface area contributed by atoms with Crippen LogP contribution in [0.1, 0.15) is 37.4 Å². The van der Waals surface area contributed by atoms with Gasteiger partial charge in [0.2, 0.25) is 5.91 Å². The molecule has 2 N–H and O–H groups in total. The van der Waals surface area contributed by atoms with Crippen molar-refractivity contribution in [2.75, 3.05) is 19.0 Å². The number of amides is 1. The lowest BCUT2D eigenvalue weighted by Gasteiger charge is -2.09. The van der Waals surface area contributed by atoms with Crippen LogP contribution >= 0.6 is 0 Å². The number of hydroxylamine groups is 1. The Hall–Kier alpha value is -2.49. The van der Waals surface area contributed by atoms with Crippen LogP contribution in [0, 0.1) is 0 Å². The normalized spacial score (nSPS) is 11.3. The Labute approximate surface area is 177 Å². The molecule has 1 aromatic carbocycles. The molecule has 0 fully saturated rings. The molecule has 2 rings (SSSR count). The molecular weight excluding hydrogens is 408 g/mol. The zero-order chi connectivity index (χ0) is 21.8. The van der Waals surface area contributed by atoms with Crippen LogP contribution in [0.15, 0.2) is 47.5 Å². The summed E-state index contributed by atoms with van der Waals surface area (Å²) in [6.07, 6.45) is 3.63. The van der Waals surface area contributed by atoms with E-state index >= 15 is 0 Å². The summed E-state index contributed by atoms with van der Waals surface area (Å²) in [4.78, 5) is 15.4. The number of carbonyl (C=O) groups excluding carboxylic acids is 1. The molecule has 30 heavy (non-hydrogen) atoms. The van der Waals surface area contributed by atoms with Gasteiger partial charge in [-0.05, 0) is 49.6 Å². The highest BCUT2D eigenvalue weighted by atomic mass is 32.2. The Kier molecular flexibility index (Phi) is 9.72. The van der Waals surface area contributed by atoms with Crippen molar-refractivity contribution in [3.05, 3.63) is 53.9 Å². The molecule has 2 aromatic rings. The molecule has 9 heteroatoms. The summed E-state index contributed by atoms with van der Waals surface area (Å²) in [5.74, 6) is 0.0863. The number of sulfone groups is 1. The highest BCUT2D eigenvalue weighted by Crippen LogP contribution is 2.19. The second kappa shape index (κ2) is 12.3. The first-order chi connectivity index (χ1) is 14.4. The lowest BCUT2D eigenvalue weighted by Crippen LogP contribution is -2.18. The second-order valence-electron chi connectivity index (χ2n) is 6.69. The zero-order valence-corrected chi connectivity index (χ0v) is 17.9. The lowest BCUT2D eigenvalue weighted by molar-refractivity contribution is -0.129. The summed E-state index contributed by atoms with van der Waals surface area (Å²) in [5, 5.41) is 8.37. The number of carbonyl (C=O) groups is 1. The van der Waals surface area contributed by atoms with E-state index in [4.69, 9.17) is 14.7 Å². The van der Waals surface area contributed by atoms with E-state index < -0.39 is 15.7 Å². The number of benzene rings is 1. The van der Waals surface area contributed by atoms with Crippen LogP contribution in [-0.4, -0.2) is 43.5 Å². The first-order valence-electron chi connectivity index (χ1n) is 9.84. The topological polar surface area (TPSA) is 115 Å². The fraction of sp³-hybridized carbons (Fsp3) is 0.429. The molecule has 0 unspecified atom stereocenters. The Morgan fingerprint density at radius 1 is 1.10 bits per heavy atom. The van der Waals surface area contributed by atoms with Crippen LogP contribution in [-0.2, 0) is 32.4 Å². The molecule has 0 aliphatic carbocycles. The minimum absolute atomic E-state index is 0.0280. The third-order valence-corrected chi connectivity index (χ3v) is 6.17. The fourth-order valence-electron chi connectivity index (χ4n) is 2.62. The van der Waals surface area contributed by atoms with E-state index in [-0.39, 0.29) is 23.7 Å². The molecule has 1 aromatic heterocycles. The third-order valence-electron chi connectivity index (χ3n) is 4.36. The average Bonchev–Trinajstić information content (AvgIpc) is 2.77. The number of nitrogens with zero attached hydrogens (tertiary/aromatic N) is 1. The van der Waals surface area contributed by atoms with E-state index in [1.165, 1.54) is 12.1 Å². The van der Waals surface area contributed by atoms with Crippen molar-refractivity contribution in [1.29, 1.82) is 0 Å². The molecule has 0 saturated carbocycles. The van der Waals surface area contributed by atoms with E-state index in [9.17, 15) is 13.2 Å². The Bertz CT molecular complexity index is 883. The van der Waals surface area contributed by atoms with Crippen molar-refractivity contribution >= 4 is 15.7 Å². The minimum Gasteiger partial charge on any atom is -0.489 e. The van der Waals surface area contributed by atoms with E-state index in [2.05, 4.69) is 4.98 Å². The van der Waals surface area contributed by atoms with Crippen LogP contribution in [0.5, 0.6) is 5.75 Å². The SMILES string of the molecule is CCc1ccc(COc2ccc(S(=O)(=O)CCCOCCCC(=O)NO)cc2)cn1. The highest BCUT2D eigenvalue weighted by molar-refractivity contribution is 7.91. The molecule has 0 spiro atoms. The van der Waals surface area contributed by atoms with Gasteiger partial charge >= 0.3 is 0 Å². The molecule has 0 radical (unpaired) electrons. The van der Waals surface area contributed by atoms with E-state index in [0.717, 1.165) is 17.7 Å². The number of pyridine rings is 1. The van der Waals surface area contributed by atoms with Crippen molar-refractivity contribution < 1.29 is 27.9 Å². The van der Waals surface area contributed by atoms with Crippen LogP contribution in [0.2, 0.25) is 0 Å². The van der Waals surface area contributed by atoms with Gasteiger partial charge in [0.25, 0.3) is 0 Å². The number of ether oxygens (including phenoxy) is 2. The average molecular weight is 437 g/mol. The molecule has 1 amide bonds. The van der Waals surface area contributed by atoms with Gasteiger partial charge in [-0.2, -0.15) is 0 Å². The van der Waals surface area contributed by atoms with Gasteiger partial charge in [-0.25, -0.2) is 13.9 Å². The molecule has 0 bridgehead atoms. The minimum atomic E-state index is -3.40. The van der Waals surface area contributed by atoms with Crippen LogP contribution in [0.25, 0.3) is 0 Å². The van der Waals surface area contributed by atoms with Crippen LogP contribution in [0.4, 0.5) is 0 Å². The second-order valence-corrected chi connectivity index (χ2v) is 8.80. The van der Waals surface area contributed by atoms with Gasteiger partial charge < -0.3 is 9.47 Å². The van der Waals surface area contributed by atoms with Gasteiger partial charge in [-0.1, -0.05) is 13.0 Å². The Balaban J connectivity index is 1.73. The van der Waals surface area contributed by atoms with Crippen molar-refractivity contribution in [3.63, 3.8) is 0 Å². The lowest BCUT2D eigenvalue weighted by atomic mass is 10.2. The van der Waals surface area contributed by atoms with Gasteiger partial charge in [0.1, 0.15) is 12.4 Å². The van der Waals surface area contributed by atoms with Gasteiger partial charge in [0.15, 0.2) is 9.84 Å². The molecule has 1 heterocycles. The number of rotatable bonds is 13. The molecular formula is C21H28N2O6S. The van der Waals surface area contributed by atoms with E-state index in [1.54, 1.807) is 23.8 Å². The van der Waals surface area contributed by atoms with Crippen molar-refractivity contribution in [2.24, 2.45) is 0 Å². The smallest absolute Gasteiger partial charge is 0.243 e. The summed E-state index contributed by atoms with van der Waals surface area (Å²) in [7, 11) is -3.40. The summed E-state index contributed by atoms with van der Waals surface area (Å²) in [6.45, 7) is 3.02. The van der Waals surface area contributed by atoms with Crippen LogP contribution in [0.3, 0.4) is 0 Å². The monoisotopic (exact) mass is 436 g/mol. The summed E-state index contributed by atoms with van der Waals surface area (Å²) in [6, 6.07) is 10.3. The van der Waals surface area contributed by atoms with Gasteiger partial charge in [-0.3, -0.25) is 15.0 Å². The fourth-order valence-corrected chi connectivity index (χ4v) is 3.91. The van der Waals surface area contributed by atoms with E-state index in [1.807, 2.05) is 19.1 Å². The standard InChI is InChI=1S/C21H28N2O6S/c1-2-18-7-6-17(15-22-18)16-29-19-8-10-20(11-9-19)30(26,27)14-4-13-28-12-3-5-21(24)23-25/h6-11,15,25H,2-5,12-14,16H2,1H3,(H,23,24). The molecule has 0 aliphatic heterocycles. The number of aryl methyl sites for hydroxylation is 1. The largest absolute Gasteiger partial charge is 0.489 e. The van der Waals surface area contributed by atoms with Gasteiger partial charge in [0, 0.05) is 37.1 Å². The third kappa shape index (κ3) is 8.10. The molecule has 164 valence electrons. The van der Waals surface area contributed by atoms with Gasteiger partial charge in [-0.15, -0.1) is 0 Å². The molecule has 8 nitrogen and oxygen atoms in total. The quantitative estimate of drug-likeness (QED) is 0.282. The highest BCUT2D eigenvalue weighted by Gasteiger charge is 2.14. The number of hydrogen-bond donors (Lipinski definition) is 2. The number of aromatic nitrogens is 1.